The van der Waals surface area contributed by atoms with Crippen LogP contribution in [-0.4, -0.2) is 80.8 Å². The minimum absolute atomic E-state index is 0. The number of ether oxygens (including phenoxy) is 1. The van der Waals surface area contributed by atoms with Gasteiger partial charge in [0.2, 0.25) is 0 Å². The van der Waals surface area contributed by atoms with E-state index in [-0.39, 0.29) is 35.6 Å². The summed E-state index contributed by atoms with van der Waals surface area (Å²) in [6.07, 6.45) is 4.28. The Morgan fingerprint density at radius 3 is 2.50 bits per heavy atom. The fourth-order valence-corrected chi connectivity index (χ4v) is 3.94. The summed E-state index contributed by atoms with van der Waals surface area (Å²) in [4.78, 5) is 9.39. The monoisotopic (exact) mass is 505 g/mol. The number of nitrogens with one attached hydrogen (secondary N) is 2. The smallest absolute Gasteiger partial charge is 0.191 e. The summed E-state index contributed by atoms with van der Waals surface area (Å²) in [6, 6.07) is 4.28. The Kier molecular flexibility index (Phi) is 9.52. The molecule has 2 fully saturated rings. The largest absolute Gasteiger partial charge is 0.468 e. The van der Waals surface area contributed by atoms with Gasteiger partial charge in [-0.25, -0.2) is 0 Å². The predicted octanol–water partition coefficient (Wildman–Crippen LogP) is 2.31. The highest BCUT2D eigenvalue weighted by Crippen LogP contribution is 2.24. The van der Waals surface area contributed by atoms with Crippen LogP contribution in [0, 0.1) is 0 Å². The molecule has 0 amide bonds. The first-order valence-corrected chi connectivity index (χ1v) is 10.1. The molecule has 1 aromatic rings. The summed E-state index contributed by atoms with van der Waals surface area (Å²) in [7, 11) is 1.83. The van der Waals surface area contributed by atoms with E-state index in [2.05, 4.69) is 45.3 Å². The maximum atomic E-state index is 5.71. The van der Waals surface area contributed by atoms with Gasteiger partial charge >= 0.3 is 0 Å². The molecule has 0 bridgehead atoms. The van der Waals surface area contributed by atoms with Crippen LogP contribution in [-0.2, 0) is 4.74 Å². The second-order valence-corrected chi connectivity index (χ2v) is 7.99. The SMILES string of the molecule is CN=C(NCC(c1ccco1)N1CCCC1)NCC(C)(C)N1CCOCC1.I. The van der Waals surface area contributed by atoms with Gasteiger partial charge in [-0.15, -0.1) is 24.0 Å². The average molecular weight is 505 g/mol. The Hall–Kier alpha value is -0.840. The molecule has 0 spiro atoms. The molecule has 2 N–H and O–H groups in total. The zero-order chi connectivity index (χ0) is 19.1. The van der Waals surface area contributed by atoms with Crippen LogP contribution in [0.5, 0.6) is 0 Å². The van der Waals surface area contributed by atoms with E-state index in [1.165, 1.54) is 12.8 Å². The molecule has 160 valence electrons. The van der Waals surface area contributed by atoms with Gasteiger partial charge in [-0.1, -0.05) is 0 Å². The third-order valence-corrected chi connectivity index (χ3v) is 5.70. The van der Waals surface area contributed by atoms with Crippen molar-refractivity contribution in [2.24, 2.45) is 4.99 Å². The van der Waals surface area contributed by atoms with Crippen LogP contribution in [0.2, 0.25) is 0 Å². The minimum Gasteiger partial charge on any atom is -0.468 e. The van der Waals surface area contributed by atoms with Crippen LogP contribution < -0.4 is 10.6 Å². The highest BCUT2D eigenvalue weighted by atomic mass is 127. The molecule has 1 atom stereocenters. The molecule has 7 nitrogen and oxygen atoms in total. The molecular weight excluding hydrogens is 469 g/mol. The zero-order valence-corrected chi connectivity index (χ0v) is 19.8. The van der Waals surface area contributed by atoms with E-state index >= 15 is 0 Å². The molecule has 3 heterocycles. The van der Waals surface area contributed by atoms with Crippen molar-refractivity contribution in [3.63, 3.8) is 0 Å². The normalized spacial score (nSPS) is 20.6. The molecule has 2 aliphatic heterocycles. The Morgan fingerprint density at radius 2 is 1.89 bits per heavy atom. The number of furan rings is 1. The average Bonchev–Trinajstić information content (AvgIpc) is 3.40. The number of likely N-dealkylation sites (tertiary alicyclic amines) is 1. The van der Waals surface area contributed by atoms with Gasteiger partial charge in [-0.05, 0) is 51.9 Å². The lowest BCUT2D eigenvalue weighted by molar-refractivity contribution is -0.00834. The molecule has 1 aromatic heterocycles. The Bertz CT molecular complexity index is 581. The summed E-state index contributed by atoms with van der Waals surface area (Å²) in [6.45, 7) is 12.0. The van der Waals surface area contributed by atoms with E-state index in [1.54, 1.807) is 6.26 Å². The summed E-state index contributed by atoms with van der Waals surface area (Å²) < 4.78 is 11.2. The Balaban J connectivity index is 0.00000280. The number of hydrogen-bond donors (Lipinski definition) is 2. The van der Waals surface area contributed by atoms with Crippen molar-refractivity contribution in [2.45, 2.75) is 38.3 Å². The molecule has 3 rings (SSSR count). The van der Waals surface area contributed by atoms with Crippen LogP contribution in [0.4, 0.5) is 0 Å². The summed E-state index contributed by atoms with van der Waals surface area (Å²) >= 11 is 0. The number of morpholine rings is 1. The van der Waals surface area contributed by atoms with Gasteiger partial charge in [-0.3, -0.25) is 14.8 Å². The number of hydrogen-bond acceptors (Lipinski definition) is 5. The van der Waals surface area contributed by atoms with Gasteiger partial charge in [-0.2, -0.15) is 0 Å². The lowest BCUT2D eigenvalue weighted by Crippen LogP contribution is -2.56. The van der Waals surface area contributed by atoms with E-state index in [0.717, 1.165) is 64.2 Å². The van der Waals surface area contributed by atoms with E-state index < -0.39 is 0 Å². The van der Waals surface area contributed by atoms with E-state index in [1.807, 2.05) is 13.1 Å². The number of rotatable bonds is 7. The van der Waals surface area contributed by atoms with E-state index in [9.17, 15) is 0 Å². The van der Waals surface area contributed by atoms with Crippen LogP contribution in [0.1, 0.15) is 38.5 Å². The summed E-state index contributed by atoms with van der Waals surface area (Å²) in [5.74, 6) is 1.86. The van der Waals surface area contributed by atoms with Crippen molar-refractivity contribution < 1.29 is 9.15 Å². The molecule has 8 heteroatoms. The molecule has 0 radical (unpaired) electrons. The van der Waals surface area contributed by atoms with Crippen molar-refractivity contribution in [1.29, 1.82) is 0 Å². The van der Waals surface area contributed by atoms with Crippen molar-refractivity contribution in [3.05, 3.63) is 24.2 Å². The summed E-state index contributed by atoms with van der Waals surface area (Å²) in [5.41, 5.74) is 0.0523. The quantitative estimate of drug-likeness (QED) is 0.337. The number of halogens is 1. The molecule has 1 unspecified atom stereocenters. The Morgan fingerprint density at radius 1 is 1.18 bits per heavy atom. The molecule has 0 saturated carbocycles. The number of guanidine groups is 1. The molecule has 28 heavy (non-hydrogen) atoms. The first kappa shape index (κ1) is 23.4. The third kappa shape index (κ3) is 6.33. The zero-order valence-electron chi connectivity index (χ0n) is 17.4. The second-order valence-electron chi connectivity index (χ2n) is 7.99. The Labute approximate surface area is 186 Å². The van der Waals surface area contributed by atoms with Gasteiger partial charge in [0.1, 0.15) is 5.76 Å². The van der Waals surface area contributed by atoms with E-state index in [4.69, 9.17) is 9.15 Å². The van der Waals surface area contributed by atoms with Crippen LogP contribution in [0.15, 0.2) is 27.8 Å². The third-order valence-electron chi connectivity index (χ3n) is 5.70. The molecule has 0 aromatic carbocycles. The molecule has 2 aliphatic rings. The fraction of sp³-hybridized carbons (Fsp3) is 0.750. The second kappa shape index (κ2) is 11.4. The van der Waals surface area contributed by atoms with Crippen LogP contribution >= 0.6 is 24.0 Å². The standard InChI is InChI=1S/C20H35N5O2.HI/c1-20(2,25-10-13-26-14-11-25)16-23-19(21-3)22-15-17(18-7-6-12-27-18)24-8-4-5-9-24;/h6-7,12,17H,4-5,8-11,13-16H2,1-3H3,(H2,21,22,23);1H. The summed E-state index contributed by atoms with van der Waals surface area (Å²) in [5, 5.41) is 7.01. The highest BCUT2D eigenvalue weighted by molar-refractivity contribution is 14.0. The van der Waals surface area contributed by atoms with Crippen LogP contribution in [0.3, 0.4) is 0 Å². The first-order valence-electron chi connectivity index (χ1n) is 10.1. The van der Waals surface area contributed by atoms with Gasteiger partial charge < -0.3 is 19.8 Å². The van der Waals surface area contributed by atoms with Crippen molar-refractivity contribution in [1.82, 2.24) is 20.4 Å². The first-order chi connectivity index (χ1) is 13.1. The fourth-order valence-electron chi connectivity index (χ4n) is 3.94. The minimum atomic E-state index is 0. The molecule has 2 saturated heterocycles. The predicted molar refractivity (Wildman–Crippen MR) is 124 cm³/mol. The number of aliphatic imine (C=N–C) groups is 1. The maximum absolute atomic E-state index is 5.71. The van der Waals surface area contributed by atoms with Crippen molar-refractivity contribution in [2.75, 3.05) is 59.5 Å². The molecular formula is C20H36IN5O2. The van der Waals surface area contributed by atoms with Crippen molar-refractivity contribution in [3.8, 4) is 0 Å². The van der Waals surface area contributed by atoms with Gasteiger partial charge in [0.05, 0.1) is 25.5 Å². The molecule has 0 aliphatic carbocycles. The maximum Gasteiger partial charge on any atom is 0.191 e. The lowest BCUT2D eigenvalue weighted by Gasteiger charge is -2.41. The lowest BCUT2D eigenvalue weighted by atomic mass is 10.0. The van der Waals surface area contributed by atoms with Crippen molar-refractivity contribution >= 4 is 29.9 Å². The topological polar surface area (TPSA) is 65.3 Å². The van der Waals surface area contributed by atoms with Gasteiger partial charge in [0.15, 0.2) is 5.96 Å². The van der Waals surface area contributed by atoms with Crippen LogP contribution in [0.25, 0.3) is 0 Å². The van der Waals surface area contributed by atoms with Gasteiger partial charge in [0.25, 0.3) is 0 Å². The van der Waals surface area contributed by atoms with Gasteiger partial charge in [0, 0.05) is 38.8 Å². The van der Waals surface area contributed by atoms with E-state index in [0.29, 0.717) is 0 Å². The number of nitrogens with zero attached hydrogens (tertiary/aromatic N) is 3. The highest BCUT2D eigenvalue weighted by Gasteiger charge is 2.29.